The van der Waals surface area contributed by atoms with Crippen molar-refractivity contribution < 1.29 is 4.39 Å². The fourth-order valence-electron chi connectivity index (χ4n) is 2.34. The van der Waals surface area contributed by atoms with Gasteiger partial charge in [0.05, 0.1) is 5.02 Å². The molecule has 0 saturated carbocycles. The molecule has 1 fully saturated rings. The van der Waals surface area contributed by atoms with Crippen LogP contribution in [-0.2, 0) is 0 Å². The lowest BCUT2D eigenvalue weighted by Crippen LogP contribution is -2.42. The van der Waals surface area contributed by atoms with Crippen molar-refractivity contribution in [1.82, 2.24) is 4.90 Å². The summed E-state index contributed by atoms with van der Waals surface area (Å²) in [4.78, 5) is 2.37. The third-order valence-electron chi connectivity index (χ3n) is 3.26. The molecule has 2 atom stereocenters. The van der Waals surface area contributed by atoms with Gasteiger partial charge in [0.15, 0.2) is 0 Å². The number of benzene rings is 1. The molecule has 1 aliphatic heterocycles. The lowest BCUT2D eigenvalue weighted by molar-refractivity contribution is 0.211. The maximum atomic E-state index is 13.2. The Morgan fingerprint density at radius 3 is 3.00 bits per heavy atom. The van der Waals surface area contributed by atoms with Crippen molar-refractivity contribution in [2.75, 3.05) is 25.4 Å². The predicted molar refractivity (Wildman–Crippen MR) is 76.7 cm³/mol. The zero-order valence-electron chi connectivity index (χ0n) is 10.4. The van der Waals surface area contributed by atoms with Crippen molar-refractivity contribution >= 4 is 23.4 Å². The number of hydrogen-bond acceptors (Lipinski definition) is 3. The molecule has 2 nitrogen and oxygen atoms in total. The first-order chi connectivity index (χ1) is 8.61. The average molecular weight is 289 g/mol. The van der Waals surface area contributed by atoms with Gasteiger partial charge in [0.1, 0.15) is 5.82 Å². The van der Waals surface area contributed by atoms with E-state index in [4.69, 9.17) is 17.3 Å². The van der Waals surface area contributed by atoms with E-state index in [-0.39, 0.29) is 16.9 Å². The quantitative estimate of drug-likeness (QED) is 0.927. The highest BCUT2D eigenvalue weighted by Crippen LogP contribution is 2.28. The number of hydrogen-bond donors (Lipinski definition) is 1. The molecule has 1 saturated heterocycles. The van der Waals surface area contributed by atoms with Gasteiger partial charge in [-0.2, -0.15) is 11.8 Å². The first kappa shape index (κ1) is 14.1. The first-order valence-corrected chi connectivity index (χ1v) is 7.55. The largest absolute Gasteiger partial charge is 0.329 e. The summed E-state index contributed by atoms with van der Waals surface area (Å²) in [5.74, 6) is 0.742. The average Bonchev–Trinajstić information content (AvgIpc) is 2.35. The van der Waals surface area contributed by atoms with Crippen LogP contribution in [-0.4, -0.2) is 35.5 Å². The summed E-state index contributed by atoms with van der Waals surface area (Å²) in [6, 6.07) is 5.03. The van der Waals surface area contributed by atoms with Crippen LogP contribution < -0.4 is 5.73 Å². The minimum absolute atomic E-state index is 0.131. The van der Waals surface area contributed by atoms with Gasteiger partial charge in [0.2, 0.25) is 0 Å². The van der Waals surface area contributed by atoms with E-state index in [0.717, 1.165) is 24.4 Å². The van der Waals surface area contributed by atoms with Crippen LogP contribution in [0.25, 0.3) is 0 Å². The number of nitrogens with two attached hydrogens (primary N) is 1. The van der Waals surface area contributed by atoms with E-state index in [1.54, 1.807) is 12.1 Å². The van der Waals surface area contributed by atoms with Gasteiger partial charge in [0.25, 0.3) is 0 Å². The van der Waals surface area contributed by atoms with E-state index < -0.39 is 0 Å². The number of halogens is 2. The summed E-state index contributed by atoms with van der Waals surface area (Å²) in [5, 5.41) is 0.786. The van der Waals surface area contributed by atoms with Crippen molar-refractivity contribution in [2.45, 2.75) is 18.2 Å². The molecule has 100 valence electrons. The van der Waals surface area contributed by atoms with Gasteiger partial charge in [0, 0.05) is 36.7 Å². The molecule has 0 radical (unpaired) electrons. The lowest BCUT2D eigenvalue weighted by atomic mass is 10.0. The van der Waals surface area contributed by atoms with Crippen molar-refractivity contribution in [3.05, 3.63) is 34.6 Å². The standard InChI is InChI=1S/C13H18ClFN2S/c1-9-8-17(4-5-18-9)13(7-16)10-2-3-12(15)11(14)6-10/h2-3,6,9,13H,4-5,7-8,16H2,1H3. The smallest absolute Gasteiger partial charge is 0.141 e. The Morgan fingerprint density at radius 1 is 1.61 bits per heavy atom. The molecule has 18 heavy (non-hydrogen) atoms. The third kappa shape index (κ3) is 3.18. The van der Waals surface area contributed by atoms with Crippen LogP contribution in [0.1, 0.15) is 18.5 Å². The molecule has 0 amide bonds. The maximum absolute atomic E-state index is 13.2. The molecule has 0 spiro atoms. The van der Waals surface area contributed by atoms with Crippen molar-refractivity contribution in [3.63, 3.8) is 0 Å². The lowest BCUT2D eigenvalue weighted by Gasteiger charge is -2.36. The number of thioether (sulfide) groups is 1. The van der Waals surface area contributed by atoms with Gasteiger partial charge in [-0.3, -0.25) is 4.90 Å². The van der Waals surface area contributed by atoms with Gasteiger partial charge in [-0.25, -0.2) is 4.39 Å². The van der Waals surface area contributed by atoms with E-state index in [2.05, 4.69) is 11.8 Å². The van der Waals surface area contributed by atoms with Crippen LogP contribution >= 0.6 is 23.4 Å². The first-order valence-electron chi connectivity index (χ1n) is 6.12. The number of nitrogens with zero attached hydrogens (tertiary/aromatic N) is 1. The molecule has 1 aromatic rings. The topological polar surface area (TPSA) is 29.3 Å². The van der Waals surface area contributed by atoms with E-state index in [9.17, 15) is 4.39 Å². The summed E-state index contributed by atoms with van der Waals surface area (Å²) in [6.45, 7) is 4.79. The molecule has 0 aliphatic carbocycles. The highest BCUT2D eigenvalue weighted by Gasteiger charge is 2.24. The Kier molecular flexibility index (Phi) is 4.90. The van der Waals surface area contributed by atoms with Gasteiger partial charge in [-0.1, -0.05) is 24.6 Å². The molecular weight excluding hydrogens is 271 g/mol. The molecule has 2 N–H and O–H groups in total. The van der Waals surface area contributed by atoms with Crippen LogP contribution in [0.5, 0.6) is 0 Å². The zero-order valence-corrected chi connectivity index (χ0v) is 12.0. The Hall–Kier alpha value is -0.290. The van der Waals surface area contributed by atoms with Gasteiger partial charge >= 0.3 is 0 Å². The van der Waals surface area contributed by atoms with Crippen molar-refractivity contribution in [3.8, 4) is 0 Å². The molecule has 2 unspecified atom stereocenters. The minimum Gasteiger partial charge on any atom is -0.329 e. The van der Waals surface area contributed by atoms with E-state index in [0.29, 0.717) is 11.8 Å². The Labute approximate surface area is 117 Å². The summed E-state index contributed by atoms with van der Waals surface area (Å²) in [5.41, 5.74) is 6.89. The Balaban J connectivity index is 2.18. The molecule has 0 bridgehead atoms. The van der Waals surface area contributed by atoms with Crippen LogP contribution in [0.4, 0.5) is 4.39 Å². The molecular formula is C13H18ClFN2S. The SMILES string of the molecule is CC1CN(C(CN)c2ccc(F)c(Cl)c2)CCS1. The van der Waals surface area contributed by atoms with Crippen LogP contribution in [0.15, 0.2) is 18.2 Å². The van der Waals surface area contributed by atoms with E-state index in [1.165, 1.54) is 6.07 Å². The van der Waals surface area contributed by atoms with Crippen molar-refractivity contribution in [1.29, 1.82) is 0 Å². The fraction of sp³-hybridized carbons (Fsp3) is 0.538. The minimum atomic E-state index is -0.376. The Morgan fingerprint density at radius 2 is 2.39 bits per heavy atom. The molecule has 5 heteroatoms. The summed E-state index contributed by atoms with van der Waals surface area (Å²) < 4.78 is 13.2. The second-order valence-electron chi connectivity index (χ2n) is 4.60. The maximum Gasteiger partial charge on any atom is 0.141 e. The highest BCUT2D eigenvalue weighted by atomic mass is 35.5. The van der Waals surface area contributed by atoms with E-state index >= 15 is 0 Å². The summed E-state index contributed by atoms with van der Waals surface area (Å²) in [6.07, 6.45) is 0. The van der Waals surface area contributed by atoms with Crippen LogP contribution in [0.2, 0.25) is 5.02 Å². The second kappa shape index (κ2) is 6.24. The van der Waals surface area contributed by atoms with Crippen LogP contribution in [0, 0.1) is 5.82 Å². The molecule has 1 heterocycles. The van der Waals surface area contributed by atoms with E-state index in [1.807, 2.05) is 11.8 Å². The van der Waals surface area contributed by atoms with Crippen molar-refractivity contribution in [2.24, 2.45) is 5.73 Å². The molecule has 0 aromatic heterocycles. The third-order valence-corrected chi connectivity index (χ3v) is 4.69. The van der Waals surface area contributed by atoms with Gasteiger partial charge in [-0.15, -0.1) is 0 Å². The normalized spacial score (nSPS) is 23.0. The molecule has 1 aliphatic rings. The fourth-order valence-corrected chi connectivity index (χ4v) is 3.57. The number of rotatable bonds is 3. The Bertz CT molecular complexity index is 416. The zero-order chi connectivity index (χ0) is 13.1. The van der Waals surface area contributed by atoms with Gasteiger partial charge in [-0.05, 0) is 17.7 Å². The van der Waals surface area contributed by atoms with Gasteiger partial charge < -0.3 is 5.73 Å². The molecule has 1 aromatic carbocycles. The second-order valence-corrected chi connectivity index (χ2v) is 6.55. The monoisotopic (exact) mass is 288 g/mol. The van der Waals surface area contributed by atoms with Crippen LogP contribution in [0.3, 0.4) is 0 Å². The predicted octanol–water partition coefficient (Wildman–Crippen LogP) is 2.92. The summed E-state index contributed by atoms with van der Waals surface area (Å²) in [7, 11) is 0. The molecule has 2 rings (SSSR count). The summed E-state index contributed by atoms with van der Waals surface area (Å²) >= 11 is 7.83. The highest BCUT2D eigenvalue weighted by molar-refractivity contribution is 7.99.